The average molecular weight is 736 g/mol. The van der Waals surface area contributed by atoms with E-state index in [9.17, 15) is 19.4 Å². The Morgan fingerprint density at radius 2 is 1.20 bits per heavy atom. The van der Waals surface area contributed by atoms with Crippen LogP contribution >= 0.6 is 7.82 Å². The number of nitrogens with one attached hydrogen (secondary N) is 1. The van der Waals surface area contributed by atoms with Gasteiger partial charge in [0.05, 0.1) is 39.9 Å². The van der Waals surface area contributed by atoms with E-state index < -0.39 is 20.0 Å². The maximum Gasteiger partial charge on any atom is 0.472 e. The van der Waals surface area contributed by atoms with Gasteiger partial charge in [0, 0.05) is 6.42 Å². The zero-order chi connectivity index (χ0) is 37.9. The number of hydrogen-bond acceptors (Lipinski definition) is 5. The van der Waals surface area contributed by atoms with E-state index >= 15 is 0 Å². The fourth-order valence-electron chi connectivity index (χ4n) is 4.99. The van der Waals surface area contributed by atoms with Gasteiger partial charge in [-0.05, 0) is 70.6 Å². The lowest BCUT2D eigenvalue weighted by molar-refractivity contribution is -0.870. The predicted molar refractivity (Wildman–Crippen MR) is 216 cm³/mol. The van der Waals surface area contributed by atoms with Crippen molar-refractivity contribution in [2.24, 2.45) is 0 Å². The van der Waals surface area contributed by atoms with Gasteiger partial charge in [-0.2, -0.15) is 0 Å². The quantitative estimate of drug-likeness (QED) is 0.0263. The summed E-state index contributed by atoms with van der Waals surface area (Å²) in [5.41, 5.74) is 0. The minimum absolute atomic E-state index is 0.0442. The molecular weight excluding hydrogens is 659 g/mol. The number of unbranched alkanes of at least 4 members (excludes halogenated alkanes) is 11. The smallest absolute Gasteiger partial charge is 0.387 e. The van der Waals surface area contributed by atoms with Crippen molar-refractivity contribution in [2.45, 2.75) is 148 Å². The summed E-state index contributed by atoms with van der Waals surface area (Å²) in [4.78, 5) is 23.0. The maximum atomic E-state index is 12.8. The molecule has 0 bridgehead atoms. The molecule has 0 saturated carbocycles. The fraction of sp³-hybridized carbons (Fsp3) is 0.690. The average Bonchev–Trinajstić information content (AvgIpc) is 3.07. The Labute approximate surface area is 313 Å². The van der Waals surface area contributed by atoms with Gasteiger partial charge in [-0.3, -0.25) is 13.8 Å². The zero-order valence-corrected chi connectivity index (χ0v) is 34.0. The molecule has 0 fully saturated rings. The van der Waals surface area contributed by atoms with Crippen molar-refractivity contribution < 1.29 is 32.9 Å². The highest BCUT2D eigenvalue weighted by Gasteiger charge is 2.27. The number of likely N-dealkylation sites (N-methyl/N-ethyl adjacent to an activating group) is 1. The second-order valence-corrected chi connectivity index (χ2v) is 15.7. The van der Waals surface area contributed by atoms with Gasteiger partial charge in [-0.1, -0.05) is 132 Å². The van der Waals surface area contributed by atoms with Crippen molar-refractivity contribution in [3.05, 3.63) is 72.9 Å². The standard InChI is InChI=1S/C42H75N2O6P/c1-6-8-10-12-14-16-18-20-22-24-26-28-30-32-34-36-42(46)43-40(39-50-51(47,48)49-38-37-44(3,4)5)41(45)35-33-31-29-27-25-23-21-19-17-15-13-11-9-7-2/h8,10,14,16,20,22,25-28,33,35,40-41,45H,6-7,9,11-13,15,17-19,21,23-24,29-32,34,36-39H2,1-5H3,(H-,43,46,47,48)/p+1/b10-8-,16-14-,22-20-,27-25+,28-26-,35-33+. The summed E-state index contributed by atoms with van der Waals surface area (Å²) in [6.07, 6.45) is 44.0. The highest BCUT2D eigenvalue weighted by atomic mass is 31.2. The van der Waals surface area contributed by atoms with E-state index in [1.807, 2.05) is 27.2 Å². The number of rotatable bonds is 34. The second-order valence-electron chi connectivity index (χ2n) is 14.3. The molecular formula is C42H76N2O6P+. The third-order valence-corrected chi connectivity index (χ3v) is 9.14. The first-order valence-corrected chi connectivity index (χ1v) is 21.3. The summed E-state index contributed by atoms with van der Waals surface area (Å²) >= 11 is 0. The zero-order valence-electron chi connectivity index (χ0n) is 33.1. The minimum Gasteiger partial charge on any atom is -0.387 e. The molecule has 3 atom stereocenters. The first-order valence-electron chi connectivity index (χ1n) is 19.8. The molecule has 0 aliphatic carbocycles. The summed E-state index contributed by atoms with van der Waals surface area (Å²) in [7, 11) is 1.51. The van der Waals surface area contributed by atoms with Crippen LogP contribution in [0.4, 0.5) is 0 Å². The molecule has 0 aliphatic rings. The van der Waals surface area contributed by atoms with E-state index in [0.29, 0.717) is 23.9 Å². The Morgan fingerprint density at radius 1 is 0.686 bits per heavy atom. The van der Waals surface area contributed by atoms with Gasteiger partial charge in [-0.25, -0.2) is 4.57 Å². The summed E-state index contributed by atoms with van der Waals surface area (Å²) < 4.78 is 23.4. The van der Waals surface area contributed by atoms with Crippen LogP contribution in [0.5, 0.6) is 0 Å². The molecule has 9 heteroatoms. The Balaban J connectivity index is 4.67. The van der Waals surface area contributed by atoms with Crippen molar-refractivity contribution in [3.8, 4) is 0 Å². The molecule has 3 unspecified atom stereocenters. The molecule has 0 radical (unpaired) electrons. The van der Waals surface area contributed by atoms with Crippen LogP contribution in [0.25, 0.3) is 0 Å². The number of allylic oxidation sites excluding steroid dienone is 11. The van der Waals surface area contributed by atoms with Crippen LogP contribution in [0.3, 0.4) is 0 Å². The molecule has 8 nitrogen and oxygen atoms in total. The number of phosphoric acid groups is 1. The summed E-state index contributed by atoms with van der Waals surface area (Å²) in [6, 6.07) is -0.886. The Bertz CT molecular complexity index is 1060. The summed E-state index contributed by atoms with van der Waals surface area (Å²) in [5.74, 6) is -0.233. The first-order chi connectivity index (χ1) is 24.5. The van der Waals surface area contributed by atoms with E-state index in [2.05, 4.69) is 79.9 Å². The number of carbonyl (C=O) groups is 1. The van der Waals surface area contributed by atoms with Crippen LogP contribution in [0.2, 0.25) is 0 Å². The Kier molecular flexibility index (Phi) is 32.4. The van der Waals surface area contributed by atoms with Crippen molar-refractivity contribution in [2.75, 3.05) is 40.9 Å². The van der Waals surface area contributed by atoms with Crippen molar-refractivity contribution >= 4 is 13.7 Å². The van der Waals surface area contributed by atoms with Crippen LogP contribution < -0.4 is 5.32 Å². The normalized spacial score (nSPS) is 15.4. The van der Waals surface area contributed by atoms with Crippen LogP contribution in [0.1, 0.15) is 136 Å². The lowest BCUT2D eigenvalue weighted by Crippen LogP contribution is -2.45. The molecule has 0 saturated heterocycles. The molecule has 51 heavy (non-hydrogen) atoms. The van der Waals surface area contributed by atoms with Crippen molar-refractivity contribution in [1.29, 1.82) is 0 Å². The van der Waals surface area contributed by atoms with Crippen molar-refractivity contribution in [1.82, 2.24) is 5.32 Å². The van der Waals surface area contributed by atoms with Gasteiger partial charge >= 0.3 is 7.82 Å². The number of carbonyl (C=O) groups excluding carboxylic acids is 1. The molecule has 1 amide bonds. The molecule has 0 rings (SSSR count). The van der Waals surface area contributed by atoms with Crippen LogP contribution in [0, 0.1) is 0 Å². The van der Waals surface area contributed by atoms with E-state index in [4.69, 9.17) is 9.05 Å². The highest BCUT2D eigenvalue weighted by molar-refractivity contribution is 7.47. The number of aliphatic hydroxyl groups excluding tert-OH is 1. The van der Waals surface area contributed by atoms with E-state index in [-0.39, 0.29) is 19.1 Å². The second kappa shape index (κ2) is 33.8. The number of quaternary nitrogens is 1. The van der Waals surface area contributed by atoms with Gasteiger partial charge in [0.25, 0.3) is 0 Å². The van der Waals surface area contributed by atoms with Crippen LogP contribution in [-0.2, 0) is 18.4 Å². The van der Waals surface area contributed by atoms with Gasteiger partial charge in [0.1, 0.15) is 13.2 Å². The minimum atomic E-state index is -4.35. The number of hydrogen-bond donors (Lipinski definition) is 3. The Morgan fingerprint density at radius 3 is 1.80 bits per heavy atom. The van der Waals surface area contributed by atoms with E-state index in [1.165, 1.54) is 51.4 Å². The number of phosphoric ester groups is 1. The first kappa shape index (κ1) is 48.9. The summed E-state index contributed by atoms with van der Waals surface area (Å²) in [5, 5.41) is 13.7. The fourth-order valence-corrected chi connectivity index (χ4v) is 5.72. The monoisotopic (exact) mass is 736 g/mol. The van der Waals surface area contributed by atoms with Gasteiger partial charge in [0.2, 0.25) is 5.91 Å². The maximum absolute atomic E-state index is 12.8. The van der Waals surface area contributed by atoms with Gasteiger partial charge < -0.3 is 19.8 Å². The number of nitrogens with zero attached hydrogens (tertiary/aromatic N) is 1. The third-order valence-electron chi connectivity index (χ3n) is 8.16. The third kappa shape index (κ3) is 36.1. The molecule has 0 aromatic carbocycles. The molecule has 294 valence electrons. The molecule has 3 N–H and O–H groups in total. The largest absolute Gasteiger partial charge is 0.472 e. The van der Waals surface area contributed by atoms with Crippen LogP contribution in [-0.4, -0.2) is 73.4 Å². The van der Waals surface area contributed by atoms with E-state index in [0.717, 1.165) is 57.8 Å². The SMILES string of the molecule is CC/C=C\C/C=C\C/C=C\C/C=C\CCCCC(=O)NC(COP(=O)(O)OCC[N+](C)(C)C)C(O)/C=C/CC/C=C/CCCCCCCCCC. The highest BCUT2D eigenvalue weighted by Crippen LogP contribution is 2.43. The topological polar surface area (TPSA) is 105 Å². The van der Waals surface area contributed by atoms with Crippen LogP contribution in [0.15, 0.2) is 72.9 Å². The molecule has 0 spiro atoms. The lowest BCUT2D eigenvalue weighted by atomic mass is 10.1. The van der Waals surface area contributed by atoms with Gasteiger partial charge in [-0.15, -0.1) is 0 Å². The number of aliphatic hydroxyl groups is 1. The summed E-state index contributed by atoms with van der Waals surface area (Å²) in [6.45, 7) is 4.60. The lowest BCUT2D eigenvalue weighted by Gasteiger charge is -2.25. The molecule has 0 aromatic rings. The molecule has 0 aliphatic heterocycles. The van der Waals surface area contributed by atoms with Gasteiger partial charge in [0.15, 0.2) is 0 Å². The molecule has 0 heterocycles. The van der Waals surface area contributed by atoms with Crippen molar-refractivity contribution in [3.63, 3.8) is 0 Å². The molecule has 0 aromatic heterocycles. The predicted octanol–water partition coefficient (Wildman–Crippen LogP) is 10.5. The number of amides is 1. The Hall–Kier alpha value is -2.06. The van der Waals surface area contributed by atoms with E-state index in [1.54, 1.807) is 6.08 Å².